The minimum absolute atomic E-state index is 0.199. The van der Waals surface area contributed by atoms with Crippen molar-refractivity contribution in [3.05, 3.63) is 0 Å². The van der Waals surface area contributed by atoms with Crippen molar-refractivity contribution in [2.45, 2.75) is 27.7 Å². The molecule has 1 heteroatoms. The van der Waals surface area contributed by atoms with Gasteiger partial charge in [-0.05, 0) is 18.8 Å². The minimum Gasteiger partial charge on any atom is -0.198 e. The van der Waals surface area contributed by atoms with Crippen LogP contribution in [0.4, 0.5) is 0 Å². The summed E-state index contributed by atoms with van der Waals surface area (Å²) in [7, 11) is 0. The molecule has 0 rings (SSSR count). The largest absolute Gasteiger partial charge is 0.198 e. The van der Waals surface area contributed by atoms with Gasteiger partial charge in [-0.15, -0.1) is 0 Å². The summed E-state index contributed by atoms with van der Waals surface area (Å²) in [5.74, 6) is 1.35. The second-order valence-electron chi connectivity index (χ2n) is 3.02. The zero-order valence-corrected chi connectivity index (χ0v) is 6.68. The fraction of sp³-hybridized carbons (Fsp3) is 0.875. The molecule has 0 saturated heterocycles. The van der Waals surface area contributed by atoms with Crippen molar-refractivity contribution in [2.75, 3.05) is 0 Å². The molecule has 0 aromatic heterocycles. The molecule has 0 bridgehead atoms. The van der Waals surface area contributed by atoms with Gasteiger partial charge >= 0.3 is 0 Å². The van der Waals surface area contributed by atoms with Crippen molar-refractivity contribution in [3.8, 4) is 6.07 Å². The number of hydrogen-bond donors (Lipinski definition) is 0. The molecule has 9 heavy (non-hydrogen) atoms. The fourth-order valence-corrected chi connectivity index (χ4v) is 0.695. The fourth-order valence-electron chi connectivity index (χ4n) is 0.695. The van der Waals surface area contributed by atoms with Gasteiger partial charge in [-0.1, -0.05) is 20.8 Å². The monoisotopic (exact) mass is 125 g/mol. The van der Waals surface area contributed by atoms with E-state index >= 15 is 0 Å². The summed E-state index contributed by atoms with van der Waals surface area (Å²) in [5.41, 5.74) is 0. The van der Waals surface area contributed by atoms with Gasteiger partial charge in [-0.3, -0.25) is 0 Å². The highest BCUT2D eigenvalue weighted by molar-refractivity contribution is 4.83. The average Bonchev–Trinajstić information content (AvgIpc) is 1.84. The van der Waals surface area contributed by atoms with Crippen LogP contribution in [0.25, 0.3) is 0 Å². The van der Waals surface area contributed by atoms with Gasteiger partial charge in [0.2, 0.25) is 0 Å². The maximum Gasteiger partial charge on any atom is 0.0655 e. The molecule has 0 aromatic carbocycles. The zero-order valence-electron chi connectivity index (χ0n) is 6.68. The van der Waals surface area contributed by atoms with Gasteiger partial charge < -0.3 is 0 Å². The van der Waals surface area contributed by atoms with Crippen molar-refractivity contribution in [1.29, 1.82) is 5.26 Å². The first-order valence-electron chi connectivity index (χ1n) is 3.49. The topological polar surface area (TPSA) is 23.8 Å². The molecular weight excluding hydrogens is 110 g/mol. The molecule has 0 spiro atoms. The standard InChI is InChI=1S/C8H15N/c1-6(2)8(4)7(3)5-9/h6-8H,1-4H3/t7-,8-/m1/s1. The normalized spacial score (nSPS) is 16.9. The lowest BCUT2D eigenvalue weighted by Crippen LogP contribution is -2.11. The summed E-state index contributed by atoms with van der Waals surface area (Å²) in [5, 5.41) is 8.50. The van der Waals surface area contributed by atoms with E-state index in [1.807, 2.05) is 6.92 Å². The van der Waals surface area contributed by atoms with Crippen LogP contribution in [0.2, 0.25) is 0 Å². The SMILES string of the molecule is CC(C)[C@@H](C)[C@H](C)C#N. The summed E-state index contributed by atoms with van der Waals surface area (Å²) in [6, 6.07) is 2.25. The first-order chi connectivity index (χ1) is 4.09. The van der Waals surface area contributed by atoms with E-state index < -0.39 is 0 Å². The third-order valence-corrected chi connectivity index (χ3v) is 2.04. The molecule has 0 unspecified atom stereocenters. The summed E-state index contributed by atoms with van der Waals surface area (Å²) in [4.78, 5) is 0. The second kappa shape index (κ2) is 3.50. The van der Waals surface area contributed by atoms with E-state index in [0.717, 1.165) is 0 Å². The van der Waals surface area contributed by atoms with E-state index in [0.29, 0.717) is 11.8 Å². The van der Waals surface area contributed by atoms with Crippen LogP contribution in [0.5, 0.6) is 0 Å². The molecule has 0 heterocycles. The molecule has 0 radical (unpaired) electrons. The lowest BCUT2D eigenvalue weighted by molar-refractivity contribution is 0.348. The van der Waals surface area contributed by atoms with E-state index in [-0.39, 0.29) is 5.92 Å². The van der Waals surface area contributed by atoms with Gasteiger partial charge in [0, 0.05) is 5.92 Å². The number of nitriles is 1. The highest BCUT2D eigenvalue weighted by Gasteiger charge is 2.13. The van der Waals surface area contributed by atoms with E-state index in [2.05, 4.69) is 26.8 Å². The Labute approximate surface area is 57.7 Å². The summed E-state index contributed by atoms with van der Waals surface area (Å²) in [6.45, 7) is 8.40. The van der Waals surface area contributed by atoms with Crippen LogP contribution in [0.15, 0.2) is 0 Å². The Morgan fingerprint density at radius 1 is 1.11 bits per heavy atom. The maximum atomic E-state index is 8.50. The molecule has 1 nitrogen and oxygen atoms in total. The Bertz CT molecular complexity index is 110. The first-order valence-corrected chi connectivity index (χ1v) is 3.49. The minimum atomic E-state index is 0.199. The molecule has 52 valence electrons. The maximum absolute atomic E-state index is 8.50. The number of rotatable bonds is 2. The number of nitrogens with zero attached hydrogens (tertiary/aromatic N) is 1. The lowest BCUT2D eigenvalue weighted by Gasteiger charge is -2.16. The molecule has 0 saturated carbocycles. The number of hydrogen-bond acceptors (Lipinski definition) is 1. The summed E-state index contributed by atoms with van der Waals surface area (Å²) in [6.07, 6.45) is 0. The summed E-state index contributed by atoms with van der Waals surface area (Å²) < 4.78 is 0. The third-order valence-electron chi connectivity index (χ3n) is 2.04. The van der Waals surface area contributed by atoms with Gasteiger partial charge in [-0.25, -0.2) is 0 Å². The van der Waals surface area contributed by atoms with E-state index in [9.17, 15) is 0 Å². The van der Waals surface area contributed by atoms with Crippen LogP contribution in [-0.2, 0) is 0 Å². The molecule has 0 aliphatic carbocycles. The van der Waals surface area contributed by atoms with Crippen molar-refractivity contribution < 1.29 is 0 Å². The Balaban J connectivity index is 3.76. The zero-order chi connectivity index (χ0) is 7.44. The third kappa shape index (κ3) is 2.51. The molecule has 0 amide bonds. The molecule has 0 fully saturated rings. The van der Waals surface area contributed by atoms with Crippen molar-refractivity contribution in [2.24, 2.45) is 17.8 Å². The van der Waals surface area contributed by atoms with Gasteiger partial charge in [0.05, 0.1) is 6.07 Å². The van der Waals surface area contributed by atoms with Gasteiger partial charge in [-0.2, -0.15) is 5.26 Å². The Morgan fingerprint density at radius 2 is 1.56 bits per heavy atom. The average molecular weight is 125 g/mol. The predicted molar refractivity (Wildman–Crippen MR) is 38.8 cm³/mol. The van der Waals surface area contributed by atoms with E-state index in [1.165, 1.54) is 0 Å². The van der Waals surface area contributed by atoms with Gasteiger partial charge in [0.1, 0.15) is 0 Å². The van der Waals surface area contributed by atoms with E-state index in [4.69, 9.17) is 5.26 Å². The highest BCUT2D eigenvalue weighted by Crippen LogP contribution is 2.18. The van der Waals surface area contributed by atoms with Crippen LogP contribution < -0.4 is 0 Å². The molecule has 0 N–H and O–H groups in total. The van der Waals surface area contributed by atoms with Crippen LogP contribution in [0, 0.1) is 29.1 Å². The van der Waals surface area contributed by atoms with Crippen LogP contribution in [0.3, 0.4) is 0 Å². The molecule has 0 aliphatic heterocycles. The van der Waals surface area contributed by atoms with Crippen molar-refractivity contribution >= 4 is 0 Å². The molecule has 0 aliphatic rings. The Morgan fingerprint density at radius 3 is 1.67 bits per heavy atom. The van der Waals surface area contributed by atoms with Crippen LogP contribution >= 0.6 is 0 Å². The highest BCUT2D eigenvalue weighted by atomic mass is 14.3. The van der Waals surface area contributed by atoms with Crippen molar-refractivity contribution in [1.82, 2.24) is 0 Å². The first kappa shape index (κ1) is 8.49. The summed E-state index contributed by atoms with van der Waals surface area (Å²) >= 11 is 0. The molecular formula is C8H15N. The van der Waals surface area contributed by atoms with Gasteiger partial charge in [0.25, 0.3) is 0 Å². The van der Waals surface area contributed by atoms with Gasteiger partial charge in [0.15, 0.2) is 0 Å². The quantitative estimate of drug-likeness (QED) is 0.556. The van der Waals surface area contributed by atoms with Crippen molar-refractivity contribution in [3.63, 3.8) is 0 Å². The molecule has 2 atom stereocenters. The predicted octanol–water partition coefficient (Wildman–Crippen LogP) is 2.44. The smallest absolute Gasteiger partial charge is 0.0655 e. The second-order valence-corrected chi connectivity index (χ2v) is 3.02. The van der Waals surface area contributed by atoms with Crippen LogP contribution in [-0.4, -0.2) is 0 Å². The lowest BCUT2D eigenvalue weighted by atomic mass is 9.87. The Hall–Kier alpha value is -0.510. The van der Waals surface area contributed by atoms with Crippen LogP contribution in [0.1, 0.15) is 27.7 Å². The van der Waals surface area contributed by atoms with E-state index in [1.54, 1.807) is 0 Å². The molecule has 0 aromatic rings. The Kier molecular flexibility index (Phi) is 3.30.